The normalized spacial score (nSPS) is 16.3. The predicted octanol–water partition coefficient (Wildman–Crippen LogP) is 2.54. The molecule has 0 radical (unpaired) electrons. The van der Waals surface area contributed by atoms with Gasteiger partial charge >= 0.3 is 0 Å². The van der Waals surface area contributed by atoms with Crippen molar-refractivity contribution in [3.8, 4) is 11.4 Å². The molecule has 0 aromatic carbocycles. The van der Waals surface area contributed by atoms with Gasteiger partial charge in [-0.25, -0.2) is 9.97 Å². The second-order valence-corrected chi connectivity index (χ2v) is 5.32. The molecule has 0 bridgehead atoms. The van der Waals surface area contributed by atoms with Crippen molar-refractivity contribution >= 4 is 5.82 Å². The molecule has 5 nitrogen and oxygen atoms in total. The summed E-state index contributed by atoms with van der Waals surface area (Å²) in [4.78, 5) is 9.00. The number of aromatic nitrogens is 4. The van der Waals surface area contributed by atoms with Crippen LogP contribution < -0.4 is 5.73 Å². The molecule has 1 fully saturated rings. The van der Waals surface area contributed by atoms with Gasteiger partial charge in [0.15, 0.2) is 0 Å². The van der Waals surface area contributed by atoms with E-state index < -0.39 is 0 Å². The number of anilines is 1. The quantitative estimate of drug-likeness (QED) is 0.921. The van der Waals surface area contributed by atoms with E-state index in [2.05, 4.69) is 16.5 Å². The first kappa shape index (κ1) is 12.3. The molecular formula is C14H21N5. The molecule has 5 heteroatoms. The van der Waals surface area contributed by atoms with Crippen LogP contribution in [-0.2, 0) is 13.6 Å². The van der Waals surface area contributed by atoms with Crippen LogP contribution in [0.15, 0.2) is 12.5 Å². The second kappa shape index (κ2) is 4.72. The Morgan fingerprint density at radius 2 is 2.11 bits per heavy atom. The lowest BCUT2D eigenvalue weighted by molar-refractivity contribution is 0.604. The second-order valence-electron chi connectivity index (χ2n) is 5.32. The summed E-state index contributed by atoms with van der Waals surface area (Å²) in [6.07, 6.45) is 8.71. The van der Waals surface area contributed by atoms with Crippen molar-refractivity contribution in [2.75, 3.05) is 5.73 Å². The summed E-state index contributed by atoms with van der Waals surface area (Å²) < 4.78 is 4.13. The zero-order valence-electron chi connectivity index (χ0n) is 11.6. The summed E-state index contributed by atoms with van der Waals surface area (Å²) in [7, 11) is 1.97. The van der Waals surface area contributed by atoms with Crippen LogP contribution in [0.1, 0.15) is 44.3 Å². The minimum Gasteiger partial charge on any atom is -0.383 e. The van der Waals surface area contributed by atoms with Crippen molar-refractivity contribution in [2.45, 2.75) is 45.1 Å². The Bertz CT molecular complexity index is 575. The molecule has 3 rings (SSSR count). The Balaban J connectivity index is 2.09. The predicted molar refractivity (Wildman–Crippen MR) is 75.7 cm³/mol. The monoisotopic (exact) mass is 259 g/mol. The number of imidazole rings is 2. The van der Waals surface area contributed by atoms with Crippen LogP contribution in [0.2, 0.25) is 0 Å². The maximum Gasteiger partial charge on any atom is 0.133 e. The van der Waals surface area contributed by atoms with Crippen LogP contribution in [0.5, 0.6) is 0 Å². The minimum absolute atomic E-state index is 0.573. The van der Waals surface area contributed by atoms with Crippen LogP contribution in [-0.4, -0.2) is 19.1 Å². The third-order valence-electron chi connectivity index (χ3n) is 4.13. The lowest BCUT2D eigenvalue weighted by Gasteiger charge is -2.11. The number of hydrogen-bond donors (Lipinski definition) is 1. The van der Waals surface area contributed by atoms with Gasteiger partial charge in [-0.05, 0) is 19.8 Å². The van der Waals surface area contributed by atoms with E-state index in [1.807, 2.05) is 17.8 Å². The highest BCUT2D eigenvalue weighted by molar-refractivity contribution is 5.68. The average Bonchev–Trinajstić information content (AvgIpc) is 3.09. The van der Waals surface area contributed by atoms with E-state index >= 15 is 0 Å². The Morgan fingerprint density at radius 3 is 2.68 bits per heavy atom. The van der Waals surface area contributed by atoms with E-state index in [0.717, 1.165) is 29.6 Å². The largest absolute Gasteiger partial charge is 0.383 e. The first-order valence-electron chi connectivity index (χ1n) is 7.05. The highest BCUT2D eigenvalue weighted by atomic mass is 15.2. The van der Waals surface area contributed by atoms with Gasteiger partial charge in [0.05, 0.1) is 18.2 Å². The van der Waals surface area contributed by atoms with E-state index in [4.69, 9.17) is 10.7 Å². The number of hydrogen-bond acceptors (Lipinski definition) is 3. The van der Waals surface area contributed by atoms with Gasteiger partial charge in [0.1, 0.15) is 17.3 Å². The van der Waals surface area contributed by atoms with Crippen LogP contribution >= 0.6 is 0 Å². The molecule has 1 saturated carbocycles. The molecule has 0 aliphatic heterocycles. The number of rotatable bonds is 3. The molecule has 2 heterocycles. The van der Waals surface area contributed by atoms with Gasteiger partial charge in [-0.2, -0.15) is 0 Å². The number of nitrogens with two attached hydrogens (primary N) is 1. The van der Waals surface area contributed by atoms with Crippen molar-refractivity contribution in [3.63, 3.8) is 0 Å². The molecule has 2 aromatic heterocycles. The van der Waals surface area contributed by atoms with Crippen molar-refractivity contribution in [2.24, 2.45) is 7.05 Å². The molecule has 0 unspecified atom stereocenters. The zero-order valence-corrected chi connectivity index (χ0v) is 11.6. The third-order valence-corrected chi connectivity index (χ3v) is 4.13. The first-order chi connectivity index (χ1) is 9.22. The van der Waals surface area contributed by atoms with Gasteiger partial charge in [-0.1, -0.05) is 12.8 Å². The van der Waals surface area contributed by atoms with E-state index in [-0.39, 0.29) is 0 Å². The molecule has 0 saturated heterocycles. The molecule has 2 aromatic rings. The van der Waals surface area contributed by atoms with Crippen LogP contribution in [0, 0.1) is 0 Å². The van der Waals surface area contributed by atoms with Gasteiger partial charge in [-0.15, -0.1) is 0 Å². The van der Waals surface area contributed by atoms with Crippen molar-refractivity contribution in [1.82, 2.24) is 19.1 Å². The summed E-state index contributed by atoms with van der Waals surface area (Å²) in [6, 6.07) is 0. The summed E-state index contributed by atoms with van der Waals surface area (Å²) in [5.41, 5.74) is 8.17. The summed E-state index contributed by atoms with van der Waals surface area (Å²) in [5.74, 6) is 2.51. The summed E-state index contributed by atoms with van der Waals surface area (Å²) in [5, 5.41) is 0. The van der Waals surface area contributed by atoms with Crippen LogP contribution in [0.25, 0.3) is 11.4 Å². The highest BCUT2D eigenvalue weighted by Gasteiger charge is 2.25. The molecule has 0 atom stereocenters. The Hall–Kier alpha value is -1.78. The van der Waals surface area contributed by atoms with Crippen molar-refractivity contribution in [1.29, 1.82) is 0 Å². The molecule has 0 spiro atoms. The van der Waals surface area contributed by atoms with E-state index in [1.165, 1.54) is 25.7 Å². The fourth-order valence-corrected chi connectivity index (χ4v) is 3.09. The number of aryl methyl sites for hydroxylation is 1. The van der Waals surface area contributed by atoms with Crippen molar-refractivity contribution < 1.29 is 0 Å². The minimum atomic E-state index is 0.573. The molecule has 1 aliphatic rings. The lowest BCUT2D eigenvalue weighted by Crippen LogP contribution is -2.08. The summed E-state index contributed by atoms with van der Waals surface area (Å²) in [6.45, 7) is 3.01. The molecule has 102 valence electrons. The highest BCUT2D eigenvalue weighted by Crippen LogP contribution is 2.37. The van der Waals surface area contributed by atoms with Gasteiger partial charge in [0, 0.05) is 19.5 Å². The van der Waals surface area contributed by atoms with Gasteiger partial charge in [-0.3, -0.25) is 0 Å². The van der Waals surface area contributed by atoms with Gasteiger partial charge in [0.25, 0.3) is 0 Å². The average molecular weight is 259 g/mol. The fourth-order valence-electron chi connectivity index (χ4n) is 3.09. The molecule has 19 heavy (non-hydrogen) atoms. The Kier molecular flexibility index (Phi) is 3.05. The molecular weight excluding hydrogens is 238 g/mol. The SMILES string of the molecule is CCn1c(C2CCCC2)nc(-c2cncn2C)c1N. The standard InChI is InChI=1S/C14H21N5/c1-3-19-13(15)12(11-8-16-9-18(11)2)17-14(19)10-6-4-5-7-10/h8-10H,3-7,15H2,1-2H3. The smallest absolute Gasteiger partial charge is 0.133 e. The Labute approximate surface area is 113 Å². The fraction of sp³-hybridized carbons (Fsp3) is 0.571. The molecule has 0 amide bonds. The zero-order chi connectivity index (χ0) is 13.4. The summed E-state index contributed by atoms with van der Waals surface area (Å²) >= 11 is 0. The lowest BCUT2D eigenvalue weighted by atomic mass is 10.1. The van der Waals surface area contributed by atoms with Crippen LogP contribution in [0.3, 0.4) is 0 Å². The van der Waals surface area contributed by atoms with Crippen molar-refractivity contribution in [3.05, 3.63) is 18.3 Å². The number of nitrogen functional groups attached to an aromatic ring is 1. The van der Waals surface area contributed by atoms with Crippen LogP contribution in [0.4, 0.5) is 5.82 Å². The topological polar surface area (TPSA) is 61.7 Å². The maximum atomic E-state index is 6.30. The van der Waals surface area contributed by atoms with E-state index in [9.17, 15) is 0 Å². The third kappa shape index (κ3) is 1.93. The first-order valence-corrected chi connectivity index (χ1v) is 7.05. The molecule has 1 aliphatic carbocycles. The Morgan fingerprint density at radius 1 is 1.37 bits per heavy atom. The van der Waals surface area contributed by atoms with Gasteiger partial charge in [0.2, 0.25) is 0 Å². The van der Waals surface area contributed by atoms with E-state index in [0.29, 0.717) is 5.92 Å². The van der Waals surface area contributed by atoms with E-state index in [1.54, 1.807) is 6.33 Å². The maximum absolute atomic E-state index is 6.30. The van der Waals surface area contributed by atoms with Gasteiger partial charge < -0.3 is 14.9 Å². The molecule has 2 N–H and O–H groups in total. The number of nitrogens with zero attached hydrogens (tertiary/aromatic N) is 4.